The maximum Gasteiger partial charge on any atom is 0.130 e. The molecule has 0 unspecified atom stereocenters. The normalized spacial score (nSPS) is 11.1. The van der Waals surface area contributed by atoms with E-state index in [4.69, 9.17) is 23.2 Å². The molecule has 1 aromatic rings. The summed E-state index contributed by atoms with van der Waals surface area (Å²) >= 11 is 13.7. The second-order valence-electron chi connectivity index (χ2n) is 3.68. The summed E-state index contributed by atoms with van der Waals surface area (Å²) in [6.45, 7) is 7.72. The van der Waals surface area contributed by atoms with Crippen LogP contribution in [0.1, 0.15) is 19.4 Å². The Hall–Kier alpha value is 0.0400. The molecule has 0 saturated heterocycles. The number of rotatable bonds is 7. The average Bonchev–Trinajstić information content (AvgIpc) is 2.32. The van der Waals surface area contributed by atoms with Gasteiger partial charge in [0.15, 0.2) is 0 Å². The number of nitrogens with zero attached hydrogens (tertiary/aromatic N) is 2. The van der Waals surface area contributed by atoms with E-state index in [1.54, 1.807) is 12.3 Å². The molecule has 96 valence electrons. The highest BCUT2D eigenvalue weighted by Gasteiger charge is 2.03. The molecule has 0 bridgehead atoms. The van der Waals surface area contributed by atoms with Crippen LogP contribution >= 0.6 is 35.0 Å². The van der Waals surface area contributed by atoms with E-state index in [0.29, 0.717) is 10.2 Å². The molecule has 17 heavy (non-hydrogen) atoms. The first kappa shape index (κ1) is 15.1. The molecule has 0 N–H and O–H groups in total. The summed E-state index contributed by atoms with van der Waals surface area (Å²) < 4.78 is 0. The molecule has 0 atom stereocenters. The Kier molecular flexibility index (Phi) is 7.28. The van der Waals surface area contributed by atoms with Crippen molar-refractivity contribution in [1.82, 2.24) is 9.88 Å². The van der Waals surface area contributed by atoms with Gasteiger partial charge in [0, 0.05) is 29.3 Å². The Bertz CT molecular complexity index is 343. The van der Waals surface area contributed by atoms with Gasteiger partial charge >= 0.3 is 0 Å². The van der Waals surface area contributed by atoms with Crippen LogP contribution in [-0.4, -0.2) is 35.3 Å². The maximum absolute atomic E-state index is 6.08. The van der Waals surface area contributed by atoms with Gasteiger partial charge in [-0.2, -0.15) is 11.8 Å². The monoisotopic (exact) mass is 292 g/mol. The Balaban J connectivity index is 2.31. The fourth-order valence-electron chi connectivity index (χ4n) is 1.46. The standard InChI is InChI=1S/C12H18Cl2N2S/c1-3-16(4-2)5-6-17-9-10-8-15-12(14)7-11(10)13/h7-8H,3-6,9H2,1-2H3. The zero-order chi connectivity index (χ0) is 12.7. The molecule has 0 radical (unpaired) electrons. The predicted octanol–water partition coefficient (Wildman–Crippen LogP) is 3.96. The topological polar surface area (TPSA) is 16.1 Å². The summed E-state index contributed by atoms with van der Waals surface area (Å²) in [5.41, 5.74) is 1.06. The lowest BCUT2D eigenvalue weighted by Crippen LogP contribution is -2.25. The van der Waals surface area contributed by atoms with Gasteiger partial charge in [0.05, 0.1) is 0 Å². The van der Waals surface area contributed by atoms with Crippen molar-refractivity contribution in [2.75, 3.05) is 25.4 Å². The van der Waals surface area contributed by atoms with Crippen LogP contribution in [0.4, 0.5) is 0 Å². The molecule has 0 saturated carbocycles. The van der Waals surface area contributed by atoms with Crippen molar-refractivity contribution >= 4 is 35.0 Å². The number of hydrogen-bond donors (Lipinski definition) is 0. The van der Waals surface area contributed by atoms with E-state index < -0.39 is 0 Å². The van der Waals surface area contributed by atoms with E-state index >= 15 is 0 Å². The summed E-state index contributed by atoms with van der Waals surface area (Å²) in [6, 6.07) is 1.70. The van der Waals surface area contributed by atoms with E-state index in [-0.39, 0.29) is 0 Å². The van der Waals surface area contributed by atoms with Crippen LogP contribution in [0.25, 0.3) is 0 Å². The van der Waals surface area contributed by atoms with Crippen molar-refractivity contribution in [2.24, 2.45) is 0 Å². The van der Waals surface area contributed by atoms with E-state index in [2.05, 4.69) is 23.7 Å². The molecule has 1 rings (SSSR count). The number of hydrogen-bond acceptors (Lipinski definition) is 3. The summed E-state index contributed by atoms with van der Waals surface area (Å²) in [5.74, 6) is 2.00. The number of thioether (sulfide) groups is 1. The van der Waals surface area contributed by atoms with Gasteiger partial charge in [-0.1, -0.05) is 37.0 Å². The van der Waals surface area contributed by atoms with E-state index in [1.165, 1.54) is 0 Å². The van der Waals surface area contributed by atoms with Crippen molar-refractivity contribution in [3.8, 4) is 0 Å². The lowest BCUT2D eigenvalue weighted by atomic mass is 10.3. The minimum Gasteiger partial charge on any atom is -0.303 e. The highest BCUT2D eigenvalue weighted by Crippen LogP contribution is 2.22. The van der Waals surface area contributed by atoms with Gasteiger partial charge in [-0.15, -0.1) is 0 Å². The Morgan fingerprint density at radius 2 is 2.00 bits per heavy atom. The lowest BCUT2D eigenvalue weighted by Gasteiger charge is -2.17. The van der Waals surface area contributed by atoms with Crippen LogP contribution < -0.4 is 0 Å². The number of halogens is 2. The summed E-state index contributed by atoms with van der Waals surface area (Å²) in [6.07, 6.45) is 1.76. The molecule has 1 aromatic heterocycles. The van der Waals surface area contributed by atoms with Gasteiger partial charge in [0.1, 0.15) is 5.15 Å². The maximum atomic E-state index is 6.08. The molecule has 0 aliphatic heterocycles. The second kappa shape index (κ2) is 8.20. The van der Waals surface area contributed by atoms with Crippen molar-refractivity contribution in [2.45, 2.75) is 19.6 Å². The van der Waals surface area contributed by atoms with Crippen LogP contribution in [0.5, 0.6) is 0 Å². The number of aromatic nitrogens is 1. The smallest absolute Gasteiger partial charge is 0.130 e. The largest absolute Gasteiger partial charge is 0.303 e. The molecular weight excluding hydrogens is 275 g/mol. The van der Waals surface area contributed by atoms with Crippen LogP contribution in [0.2, 0.25) is 10.2 Å². The molecule has 2 nitrogen and oxygen atoms in total. The fourth-order valence-corrected chi connectivity index (χ4v) is 2.95. The molecule has 0 amide bonds. The molecule has 5 heteroatoms. The van der Waals surface area contributed by atoms with E-state index in [0.717, 1.165) is 36.7 Å². The van der Waals surface area contributed by atoms with Gasteiger partial charge in [-0.05, 0) is 24.7 Å². The average molecular weight is 293 g/mol. The van der Waals surface area contributed by atoms with Crippen LogP contribution in [0, 0.1) is 0 Å². The van der Waals surface area contributed by atoms with Crippen molar-refractivity contribution < 1.29 is 0 Å². The summed E-state index contributed by atoms with van der Waals surface area (Å²) in [5, 5.41) is 1.16. The first-order valence-electron chi connectivity index (χ1n) is 5.77. The van der Waals surface area contributed by atoms with Crippen LogP contribution in [-0.2, 0) is 5.75 Å². The van der Waals surface area contributed by atoms with Crippen molar-refractivity contribution in [1.29, 1.82) is 0 Å². The molecule has 1 heterocycles. The van der Waals surface area contributed by atoms with E-state index in [1.807, 2.05) is 11.8 Å². The lowest BCUT2D eigenvalue weighted by molar-refractivity contribution is 0.324. The Labute approximate surface area is 118 Å². The SMILES string of the molecule is CCN(CC)CCSCc1cnc(Cl)cc1Cl. The molecule has 0 spiro atoms. The molecular formula is C12H18Cl2N2S. The Morgan fingerprint density at radius 3 is 2.59 bits per heavy atom. The third-order valence-electron chi connectivity index (χ3n) is 2.60. The van der Waals surface area contributed by atoms with Gasteiger partial charge < -0.3 is 4.90 Å². The van der Waals surface area contributed by atoms with Gasteiger partial charge in [0.2, 0.25) is 0 Å². The minimum atomic E-state index is 0.451. The molecule has 0 aromatic carbocycles. The van der Waals surface area contributed by atoms with Gasteiger partial charge in [-0.3, -0.25) is 0 Å². The predicted molar refractivity (Wildman–Crippen MR) is 78.2 cm³/mol. The van der Waals surface area contributed by atoms with Gasteiger partial charge in [0.25, 0.3) is 0 Å². The first-order valence-corrected chi connectivity index (χ1v) is 7.68. The van der Waals surface area contributed by atoms with Crippen LogP contribution in [0.15, 0.2) is 12.3 Å². The zero-order valence-corrected chi connectivity index (χ0v) is 12.6. The van der Waals surface area contributed by atoms with Crippen molar-refractivity contribution in [3.63, 3.8) is 0 Å². The molecule has 0 aliphatic rings. The molecule has 0 aliphatic carbocycles. The summed E-state index contributed by atoms with van der Waals surface area (Å²) in [4.78, 5) is 6.45. The highest BCUT2D eigenvalue weighted by molar-refractivity contribution is 7.98. The minimum absolute atomic E-state index is 0.451. The quantitative estimate of drug-likeness (QED) is 0.559. The second-order valence-corrected chi connectivity index (χ2v) is 5.58. The van der Waals surface area contributed by atoms with Crippen LogP contribution in [0.3, 0.4) is 0 Å². The van der Waals surface area contributed by atoms with E-state index in [9.17, 15) is 0 Å². The first-order chi connectivity index (χ1) is 8.17. The zero-order valence-electron chi connectivity index (χ0n) is 10.2. The number of pyridine rings is 1. The fraction of sp³-hybridized carbons (Fsp3) is 0.583. The third kappa shape index (κ3) is 5.47. The highest BCUT2D eigenvalue weighted by atomic mass is 35.5. The third-order valence-corrected chi connectivity index (χ3v) is 4.15. The van der Waals surface area contributed by atoms with Crippen molar-refractivity contribution in [3.05, 3.63) is 28.0 Å². The van der Waals surface area contributed by atoms with Gasteiger partial charge in [-0.25, -0.2) is 4.98 Å². The Morgan fingerprint density at radius 1 is 1.29 bits per heavy atom. The molecule has 0 fully saturated rings. The summed E-state index contributed by atoms with van der Waals surface area (Å²) in [7, 11) is 0.